The molecule has 1 unspecified atom stereocenters. The highest BCUT2D eigenvalue weighted by Gasteiger charge is 2.25. The van der Waals surface area contributed by atoms with Gasteiger partial charge in [-0.2, -0.15) is 0 Å². The van der Waals surface area contributed by atoms with Crippen LogP contribution in [0.25, 0.3) is 22.6 Å². The minimum Gasteiger partial charge on any atom is -0.493 e. The van der Waals surface area contributed by atoms with E-state index in [0.29, 0.717) is 86.0 Å². The monoisotopic (exact) mass is 785 g/mol. The van der Waals surface area contributed by atoms with Crippen LogP contribution < -0.4 is 24.8 Å². The van der Waals surface area contributed by atoms with Crippen molar-refractivity contribution >= 4 is 23.2 Å². The minimum absolute atomic E-state index is 0.177. The van der Waals surface area contributed by atoms with Crippen LogP contribution in [0, 0.1) is 0 Å². The Morgan fingerprint density at radius 3 is 2.00 bits per heavy atom. The van der Waals surface area contributed by atoms with E-state index in [9.17, 15) is 25.2 Å². The number of nitrogens with one attached hydrogen (secondary N) is 2. The third-order valence-electron chi connectivity index (χ3n) is 9.88. The summed E-state index contributed by atoms with van der Waals surface area (Å²) in [6.07, 6.45) is 6.74. The summed E-state index contributed by atoms with van der Waals surface area (Å²) in [7, 11) is 1.60. The van der Waals surface area contributed by atoms with E-state index in [2.05, 4.69) is 15.8 Å². The van der Waals surface area contributed by atoms with Crippen LogP contribution in [0.5, 0.6) is 17.2 Å². The number of anilines is 1. The number of aromatic nitrogens is 1. The second-order valence-electron chi connectivity index (χ2n) is 13.6. The van der Waals surface area contributed by atoms with Gasteiger partial charge < -0.3 is 49.8 Å². The predicted molar refractivity (Wildman–Crippen MR) is 213 cm³/mol. The number of nitrogens with zero attached hydrogens (tertiary/aromatic N) is 1. The van der Waals surface area contributed by atoms with E-state index in [0.717, 1.165) is 56.1 Å². The van der Waals surface area contributed by atoms with Gasteiger partial charge in [0.15, 0.2) is 17.3 Å². The Hall–Kier alpha value is -5.11. The largest absolute Gasteiger partial charge is 0.493 e. The minimum atomic E-state index is -0.439. The zero-order valence-corrected chi connectivity index (χ0v) is 32.1. The maximum atomic E-state index is 12.6. The van der Waals surface area contributed by atoms with Crippen LogP contribution in [0.2, 0.25) is 5.02 Å². The number of carbonyl (C=O) groups excluding carboxylic acids is 1. The lowest BCUT2D eigenvalue weighted by atomic mass is 9.97. The van der Waals surface area contributed by atoms with Gasteiger partial charge in [0, 0.05) is 33.5 Å². The molecule has 56 heavy (non-hydrogen) atoms. The number of hydrogen-bond acceptors (Lipinski definition) is 11. The highest BCUT2D eigenvalue weighted by Crippen LogP contribution is 2.36. The molecule has 13 heteroatoms. The highest BCUT2D eigenvalue weighted by molar-refractivity contribution is 6.31. The molecule has 0 saturated carbocycles. The molecular weight excluding hydrogens is 738 g/mol. The Balaban J connectivity index is 0.900. The van der Waals surface area contributed by atoms with Gasteiger partial charge in [-0.1, -0.05) is 54.9 Å². The second kappa shape index (κ2) is 19.7. The summed E-state index contributed by atoms with van der Waals surface area (Å²) in [5.41, 5.74) is 6.17. The molecule has 0 radical (unpaired) electrons. The van der Waals surface area contributed by atoms with Gasteiger partial charge in [-0.25, -0.2) is 0 Å². The molecule has 5 aromatic rings. The molecule has 0 aliphatic carbocycles. The van der Waals surface area contributed by atoms with Gasteiger partial charge in [0.2, 0.25) is 0 Å². The Bertz CT molecular complexity index is 2080. The Morgan fingerprint density at radius 1 is 0.679 bits per heavy atom. The summed E-state index contributed by atoms with van der Waals surface area (Å²) >= 11 is 6.05. The molecule has 1 amide bonds. The Labute approximate surface area is 331 Å². The van der Waals surface area contributed by atoms with Crippen molar-refractivity contribution in [2.24, 2.45) is 0 Å². The molecule has 2 heterocycles. The lowest BCUT2D eigenvalue weighted by Gasteiger charge is -2.28. The highest BCUT2D eigenvalue weighted by atomic mass is 35.5. The van der Waals surface area contributed by atoms with Gasteiger partial charge >= 0.3 is 0 Å². The molecule has 1 aliphatic rings. The maximum absolute atomic E-state index is 12.6. The van der Waals surface area contributed by atoms with Crippen LogP contribution in [0.3, 0.4) is 0 Å². The molecule has 6 N–H and O–H groups in total. The molecular formula is C43H48ClN3O9. The smallest absolute Gasteiger partial charge is 0.255 e. The molecule has 0 saturated heterocycles. The van der Waals surface area contributed by atoms with Gasteiger partial charge in [-0.15, -0.1) is 0 Å². The number of unbranched alkanes of at least 4 members (excludes halogenated alkanes) is 6. The van der Waals surface area contributed by atoms with Gasteiger partial charge in [0.25, 0.3) is 5.91 Å². The van der Waals surface area contributed by atoms with Crippen molar-refractivity contribution in [3.05, 3.63) is 111 Å². The molecule has 1 aromatic heterocycles. The van der Waals surface area contributed by atoms with E-state index in [-0.39, 0.29) is 32.3 Å². The summed E-state index contributed by atoms with van der Waals surface area (Å²) in [6.45, 7) is 0.0700. The fourth-order valence-corrected chi connectivity index (χ4v) is 6.99. The van der Waals surface area contributed by atoms with Crippen molar-refractivity contribution in [1.82, 2.24) is 10.5 Å². The Kier molecular flexibility index (Phi) is 14.2. The van der Waals surface area contributed by atoms with E-state index in [4.69, 9.17) is 30.3 Å². The lowest BCUT2D eigenvalue weighted by Crippen LogP contribution is -2.38. The molecule has 296 valence electrons. The Morgan fingerprint density at radius 2 is 1.34 bits per heavy atom. The second-order valence-corrected chi connectivity index (χ2v) is 14.1. The van der Waals surface area contributed by atoms with Crippen LogP contribution in [-0.4, -0.2) is 51.8 Å². The SMILES string of the molecule is COc1ccc(-c2cc(-c3cc(CO)c(CO)c(CO)c3)no2)cc1OCCCCCCCCCOc1ccc(C2NC(=O)c3cc(Cl)ccc3N2)cc1CO. The fourth-order valence-electron chi connectivity index (χ4n) is 6.81. The first-order valence-corrected chi connectivity index (χ1v) is 19.2. The predicted octanol–water partition coefficient (Wildman–Crippen LogP) is 7.68. The topological polar surface area (TPSA) is 176 Å². The number of rotatable bonds is 20. The molecule has 0 spiro atoms. The first-order chi connectivity index (χ1) is 27.3. The molecule has 0 bridgehead atoms. The summed E-state index contributed by atoms with van der Waals surface area (Å²) in [6, 6.07) is 21.5. The van der Waals surface area contributed by atoms with Gasteiger partial charge in [-0.05, 0) is 95.8 Å². The number of carbonyl (C=O) groups is 1. The summed E-state index contributed by atoms with van der Waals surface area (Å²) in [5.74, 6) is 2.17. The van der Waals surface area contributed by atoms with E-state index >= 15 is 0 Å². The van der Waals surface area contributed by atoms with Crippen molar-refractivity contribution in [1.29, 1.82) is 0 Å². The van der Waals surface area contributed by atoms with E-state index in [1.54, 1.807) is 43.5 Å². The number of ether oxygens (including phenoxy) is 3. The van der Waals surface area contributed by atoms with Crippen LogP contribution in [0.1, 0.15) is 89.3 Å². The third kappa shape index (κ3) is 9.81. The molecule has 6 rings (SSSR count). The fraction of sp³-hybridized carbons (Fsp3) is 0.349. The summed E-state index contributed by atoms with van der Waals surface area (Å²) < 4.78 is 23.3. The molecule has 1 atom stereocenters. The number of fused-ring (bicyclic) bond motifs is 1. The van der Waals surface area contributed by atoms with Crippen molar-refractivity contribution in [2.45, 2.75) is 77.5 Å². The number of halogens is 1. The van der Waals surface area contributed by atoms with Crippen molar-refractivity contribution < 1.29 is 44.0 Å². The molecule has 1 aliphatic heterocycles. The number of aliphatic hydroxyl groups excluding tert-OH is 4. The van der Waals surface area contributed by atoms with E-state index in [1.807, 2.05) is 36.4 Å². The van der Waals surface area contributed by atoms with Gasteiger partial charge in [0.1, 0.15) is 17.6 Å². The summed E-state index contributed by atoms with van der Waals surface area (Å²) in [4.78, 5) is 12.6. The first kappa shape index (κ1) is 40.6. The zero-order valence-electron chi connectivity index (χ0n) is 31.4. The number of amides is 1. The lowest BCUT2D eigenvalue weighted by molar-refractivity contribution is 0.0935. The van der Waals surface area contributed by atoms with Gasteiger partial charge in [0.05, 0.1) is 52.3 Å². The van der Waals surface area contributed by atoms with Crippen LogP contribution >= 0.6 is 11.6 Å². The third-order valence-corrected chi connectivity index (χ3v) is 10.1. The zero-order chi connectivity index (χ0) is 39.4. The van der Waals surface area contributed by atoms with Crippen LogP contribution in [-0.2, 0) is 26.4 Å². The van der Waals surface area contributed by atoms with E-state index in [1.165, 1.54) is 0 Å². The number of hydrogen-bond donors (Lipinski definition) is 6. The molecule has 0 fully saturated rings. The maximum Gasteiger partial charge on any atom is 0.255 e. The summed E-state index contributed by atoms with van der Waals surface area (Å²) in [5, 5.41) is 50.3. The molecule has 12 nitrogen and oxygen atoms in total. The average Bonchev–Trinajstić information content (AvgIpc) is 3.73. The number of benzene rings is 4. The quantitative estimate of drug-likeness (QED) is 0.0427. The average molecular weight is 786 g/mol. The molecule has 4 aromatic carbocycles. The van der Waals surface area contributed by atoms with Crippen molar-refractivity contribution in [3.63, 3.8) is 0 Å². The number of aliphatic hydroxyl groups is 4. The van der Waals surface area contributed by atoms with Crippen molar-refractivity contribution in [3.8, 4) is 39.8 Å². The standard InChI is InChI=1S/C43H48ClN3O9/c1-53-39-14-9-27(40-22-37(47-56-40)29-18-30(23-48)35(26-51)31(19-29)24-49)20-41(39)55-16-8-6-4-2-3-5-7-15-54-38-13-10-28(17-32(38)25-50)42-45-36-12-11-33(44)21-34(36)43(52)46-42/h9-14,17-22,42,45,48-51H,2-8,15-16,23-26H2,1H3,(H,46,52). The van der Waals surface area contributed by atoms with Gasteiger partial charge in [-0.3, -0.25) is 4.79 Å². The van der Waals surface area contributed by atoms with Crippen LogP contribution in [0.15, 0.2) is 77.3 Å². The normalized spacial score (nSPS) is 13.5. The van der Waals surface area contributed by atoms with Crippen molar-refractivity contribution in [2.75, 3.05) is 25.6 Å². The van der Waals surface area contributed by atoms with E-state index < -0.39 is 6.17 Å². The number of methoxy groups -OCH3 is 1. The first-order valence-electron chi connectivity index (χ1n) is 18.8. The van der Waals surface area contributed by atoms with Crippen LogP contribution in [0.4, 0.5) is 5.69 Å².